The highest BCUT2D eigenvalue weighted by Gasteiger charge is 2.14. The lowest BCUT2D eigenvalue weighted by Gasteiger charge is -2.07. The molecule has 0 amide bonds. The van der Waals surface area contributed by atoms with Crippen LogP contribution in [-0.2, 0) is 6.73 Å². The molecule has 0 N–H and O–H groups in total. The Labute approximate surface area is 163 Å². The summed E-state index contributed by atoms with van der Waals surface area (Å²) in [6.07, 6.45) is 1.71. The first kappa shape index (κ1) is 17.7. The van der Waals surface area contributed by atoms with Crippen LogP contribution in [0, 0.1) is 10.1 Å². The van der Waals surface area contributed by atoms with Crippen LogP contribution in [0.2, 0.25) is 5.02 Å². The first-order chi connectivity index (χ1) is 13.6. The maximum atomic E-state index is 10.7. The summed E-state index contributed by atoms with van der Waals surface area (Å²) in [5.41, 5.74) is 1.07. The summed E-state index contributed by atoms with van der Waals surface area (Å²) < 4.78 is 12.4. The van der Waals surface area contributed by atoms with Crippen LogP contribution in [0.25, 0.3) is 23.0 Å². The molecule has 28 heavy (non-hydrogen) atoms. The van der Waals surface area contributed by atoms with Crippen molar-refractivity contribution in [3.05, 3.63) is 75.9 Å². The zero-order valence-electron chi connectivity index (χ0n) is 14.2. The Kier molecular flexibility index (Phi) is 4.73. The van der Waals surface area contributed by atoms with Crippen LogP contribution in [-0.4, -0.2) is 24.8 Å². The van der Waals surface area contributed by atoms with Gasteiger partial charge in [-0.3, -0.25) is 10.1 Å². The fourth-order valence-electron chi connectivity index (χ4n) is 2.42. The Morgan fingerprint density at radius 3 is 2.68 bits per heavy atom. The summed E-state index contributed by atoms with van der Waals surface area (Å²) in [5, 5.41) is 19.5. The average Bonchev–Trinajstić information content (AvgIpc) is 3.37. The maximum absolute atomic E-state index is 10.7. The van der Waals surface area contributed by atoms with E-state index in [-0.39, 0.29) is 18.3 Å². The zero-order chi connectivity index (χ0) is 19.5. The molecule has 0 aliphatic rings. The smallest absolute Gasteiger partial charge is 0.278 e. The second-order valence-electron chi connectivity index (χ2n) is 5.67. The maximum Gasteiger partial charge on any atom is 0.278 e. The predicted octanol–water partition coefficient (Wildman–Crippen LogP) is 4.20. The van der Waals surface area contributed by atoms with Gasteiger partial charge in [-0.2, -0.15) is 10.1 Å². The van der Waals surface area contributed by atoms with Gasteiger partial charge in [0.25, 0.3) is 11.6 Å². The molecule has 2 aromatic carbocycles. The molecule has 0 saturated heterocycles. The minimum absolute atomic E-state index is 0.00951. The van der Waals surface area contributed by atoms with Gasteiger partial charge in [-0.25, -0.2) is 4.68 Å². The van der Waals surface area contributed by atoms with Gasteiger partial charge in [-0.1, -0.05) is 28.9 Å². The lowest BCUT2D eigenvalue weighted by Crippen LogP contribution is -2.05. The normalized spacial score (nSPS) is 10.8. The summed E-state index contributed by atoms with van der Waals surface area (Å²) in [5.74, 6) is 1.09. The molecular formula is C18H12ClN5O4. The van der Waals surface area contributed by atoms with Gasteiger partial charge in [-0.05, 0) is 30.3 Å². The summed E-state index contributed by atoms with van der Waals surface area (Å²) >= 11 is 6.05. The van der Waals surface area contributed by atoms with E-state index in [0.717, 1.165) is 0 Å². The number of halogens is 1. The third-order valence-corrected chi connectivity index (χ3v) is 4.12. The lowest BCUT2D eigenvalue weighted by atomic mass is 10.2. The van der Waals surface area contributed by atoms with E-state index in [9.17, 15) is 10.1 Å². The van der Waals surface area contributed by atoms with Gasteiger partial charge in [-0.15, -0.1) is 0 Å². The molecule has 2 heterocycles. The number of non-ortho nitro benzene ring substituents is 1. The Hall–Kier alpha value is -3.72. The monoisotopic (exact) mass is 397 g/mol. The van der Waals surface area contributed by atoms with E-state index in [4.69, 9.17) is 20.9 Å². The standard InChI is InChI=1S/C18H12ClN5O4/c19-14-3-1-2-4-16(14)27-11-23-10-9-15(21-23)18-20-17(22-28-18)12-5-7-13(8-6-12)24(25)26/h1-10H,11H2. The van der Waals surface area contributed by atoms with E-state index in [1.165, 1.54) is 12.1 Å². The number of hydrogen-bond acceptors (Lipinski definition) is 7. The Morgan fingerprint density at radius 1 is 1.14 bits per heavy atom. The Bertz CT molecular complexity index is 1120. The fraction of sp³-hybridized carbons (Fsp3) is 0.0556. The van der Waals surface area contributed by atoms with Crippen LogP contribution in [0.1, 0.15) is 0 Å². The van der Waals surface area contributed by atoms with Crippen molar-refractivity contribution >= 4 is 17.3 Å². The van der Waals surface area contributed by atoms with Crippen LogP contribution >= 0.6 is 11.6 Å². The van der Waals surface area contributed by atoms with Gasteiger partial charge in [0.1, 0.15) is 5.75 Å². The molecule has 9 nitrogen and oxygen atoms in total. The largest absolute Gasteiger partial charge is 0.470 e. The van der Waals surface area contributed by atoms with Crippen molar-refractivity contribution in [3.8, 4) is 28.7 Å². The van der Waals surface area contributed by atoms with Crippen molar-refractivity contribution in [1.82, 2.24) is 19.9 Å². The van der Waals surface area contributed by atoms with Gasteiger partial charge in [0.2, 0.25) is 5.82 Å². The third kappa shape index (κ3) is 3.69. The average molecular weight is 398 g/mol. The van der Waals surface area contributed by atoms with E-state index < -0.39 is 4.92 Å². The second-order valence-corrected chi connectivity index (χ2v) is 6.08. The topological polar surface area (TPSA) is 109 Å². The van der Waals surface area contributed by atoms with E-state index in [1.54, 1.807) is 41.2 Å². The van der Waals surface area contributed by atoms with Gasteiger partial charge in [0, 0.05) is 23.9 Å². The quantitative estimate of drug-likeness (QED) is 0.354. The molecule has 0 aliphatic heterocycles. The van der Waals surface area contributed by atoms with Crippen molar-refractivity contribution in [1.29, 1.82) is 0 Å². The minimum Gasteiger partial charge on any atom is -0.470 e. The predicted molar refractivity (Wildman–Crippen MR) is 99.7 cm³/mol. The molecule has 0 aliphatic carbocycles. The Balaban J connectivity index is 1.47. The van der Waals surface area contributed by atoms with Crippen molar-refractivity contribution in [2.75, 3.05) is 0 Å². The molecular weight excluding hydrogens is 386 g/mol. The number of para-hydroxylation sites is 1. The third-order valence-electron chi connectivity index (χ3n) is 3.81. The summed E-state index contributed by atoms with van der Waals surface area (Å²) in [7, 11) is 0. The number of benzene rings is 2. The second kappa shape index (κ2) is 7.49. The lowest BCUT2D eigenvalue weighted by molar-refractivity contribution is -0.384. The highest BCUT2D eigenvalue weighted by Crippen LogP contribution is 2.25. The number of nitrogens with zero attached hydrogens (tertiary/aromatic N) is 5. The zero-order valence-corrected chi connectivity index (χ0v) is 15.0. The molecule has 0 fully saturated rings. The molecule has 0 atom stereocenters. The molecule has 4 rings (SSSR count). The number of nitro groups is 1. The first-order valence-corrected chi connectivity index (χ1v) is 8.47. The molecule has 2 aromatic heterocycles. The number of aromatic nitrogens is 4. The molecule has 0 spiro atoms. The SMILES string of the molecule is O=[N+]([O-])c1ccc(-c2noc(-c3ccn(COc4ccccc4Cl)n3)n2)cc1. The van der Waals surface area contributed by atoms with E-state index in [1.807, 2.05) is 12.1 Å². The molecule has 0 bridgehead atoms. The summed E-state index contributed by atoms with van der Waals surface area (Å²) in [6, 6.07) is 14.7. The summed E-state index contributed by atoms with van der Waals surface area (Å²) in [6.45, 7) is 0.160. The van der Waals surface area contributed by atoms with Gasteiger partial charge < -0.3 is 9.26 Å². The fourth-order valence-corrected chi connectivity index (χ4v) is 2.61. The molecule has 0 unspecified atom stereocenters. The van der Waals surface area contributed by atoms with E-state index in [0.29, 0.717) is 27.9 Å². The van der Waals surface area contributed by atoms with Crippen LogP contribution in [0.4, 0.5) is 5.69 Å². The first-order valence-electron chi connectivity index (χ1n) is 8.10. The molecule has 0 radical (unpaired) electrons. The minimum atomic E-state index is -0.469. The van der Waals surface area contributed by atoms with Gasteiger partial charge >= 0.3 is 0 Å². The van der Waals surface area contributed by atoms with Crippen molar-refractivity contribution in [2.45, 2.75) is 6.73 Å². The van der Waals surface area contributed by atoms with E-state index in [2.05, 4.69) is 15.2 Å². The highest BCUT2D eigenvalue weighted by molar-refractivity contribution is 6.32. The number of nitro benzene ring substituents is 1. The molecule has 0 saturated carbocycles. The number of ether oxygens (including phenoxy) is 1. The van der Waals surface area contributed by atoms with Gasteiger partial charge in [0.05, 0.1) is 9.95 Å². The van der Waals surface area contributed by atoms with Crippen molar-refractivity contribution in [2.24, 2.45) is 0 Å². The molecule has 10 heteroatoms. The van der Waals surface area contributed by atoms with Gasteiger partial charge in [0.15, 0.2) is 12.4 Å². The molecule has 140 valence electrons. The van der Waals surface area contributed by atoms with Crippen LogP contribution in [0.3, 0.4) is 0 Å². The molecule has 4 aromatic rings. The van der Waals surface area contributed by atoms with Crippen molar-refractivity contribution < 1.29 is 14.2 Å². The summed E-state index contributed by atoms with van der Waals surface area (Å²) in [4.78, 5) is 14.5. The Morgan fingerprint density at radius 2 is 1.93 bits per heavy atom. The van der Waals surface area contributed by atoms with Crippen LogP contribution in [0.15, 0.2) is 65.3 Å². The van der Waals surface area contributed by atoms with Crippen LogP contribution < -0.4 is 4.74 Å². The number of rotatable bonds is 6. The highest BCUT2D eigenvalue weighted by atomic mass is 35.5. The number of hydrogen-bond donors (Lipinski definition) is 0. The van der Waals surface area contributed by atoms with E-state index >= 15 is 0 Å². The van der Waals surface area contributed by atoms with Crippen molar-refractivity contribution in [3.63, 3.8) is 0 Å². The van der Waals surface area contributed by atoms with Crippen LogP contribution in [0.5, 0.6) is 5.75 Å².